The summed E-state index contributed by atoms with van der Waals surface area (Å²) in [6.45, 7) is 2.62. The van der Waals surface area contributed by atoms with Crippen LogP contribution in [-0.2, 0) is 39.4 Å². The van der Waals surface area contributed by atoms with E-state index >= 15 is 0 Å². The van der Waals surface area contributed by atoms with E-state index in [2.05, 4.69) is 22.5 Å². The second-order valence-corrected chi connectivity index (χ2v) is 11.6. The number of amides is 2. The number of nitrogens with zero attached hydrogens (tertiary/aromatic N) is 1. The summed E-state index contributed by atoms with van der Waals surface area (Å²) in [4.78, 5) is 14.3. The molecule has 0 aromatic heterocycles. The SMILES string of the molecule is CCC1Nc2ccc(C[SH](=O)=O)cc2N1c1ccc(CCNC(=O)NS(=O)(=O)c2ccc(CN)cc2)cc1.[NaH]. The molecule has 0 fully saturated rings. The second-order valence-electron chi connectivity index (χ2n) is 8.91. The van der Waals surface area contributed by atoms with Crippen molar-refractivity contribution in [2.24, 2.45) is 5.73 Å². The molecule has 2 amide bonds. The Morgan fingerprint density at radius 3 is 2.26 bits per heavy atom. The van der Waals surface area contributed by atoms with Gasteiger partial charge in [0, 0.05) is 18.8 Å². The zero-order valence-corrected chi connectivity index (χ0v) is 22.6. The zero-order chi connectivity index (χ0) is 27.3. The Morgan fingerprint density at radius 2 is 1.64 bits per heavy atom. The van der Waals surface area contributed by atoms with Crippen LogP contribution >= 0.6 is 0 Å². The van der Waals surface area contributed by atoms with Gasteiger partial charge in [0.15, 0.2) is 0 Å². The first-order chi connectivity index (χ1) is 18.2. The topological polar surface area (TPSA) is 151 Å². The number of hydrogen-bond donors (Lipinski definition) is 5. The van der Waals surface area contributed by atoms with Gasteiger partial charge in [-0.25, -0.2) is 26.4 Å². The van der Waals surface area contributed by atoms with Crippen LogP contribution < -0.4 is 26.0 Å². The van der Waals surface area contributed by atoms with E-state index < -0.39 is 26.8 Å². The molecule has 0 spiro atoms. The molecule has 3 aromatic rings. The van der Waals surface area contributed by atoms with E-state index in [1.807, 2.05) is 47.2 Å². The number of benzene rings is 3. The number of carbonyl (C=O) groups is 1. The molecule has 3 aromatic carbocycles. The van der Waals surface area contributed by atoms with Crippen molar-refractivity contribution in [1.29, 1.82) is 0 Å². The van der Waals surface area contributed by atoms with Gasteiger partial charge in [0.2, 0.25) is 0 Å². The summed E-state index contributed by atoms with van der Waals surface area (Å²) < 4.78 is 49.2. The summed E-state index contributed by atoms with van der Waals surface area (Å²) in [5.74, 6) is -0.00533. The Balaban J connectivity index is 0.00000420. The van der Waals surface area contributed by atoms with Crippen LogP contribution in [0.2, 0.25) is 0 Å². The third-order valence-corrected chi connectivity index (χ3v) is 8.23. The van der Waals surface area contributed by atoms with E-state index in [1.165, 1.54) is 12.1 Å². The van der Waals surface area contributed by atoms with Crippen LogP contribution in [0.15, 0.2) is 71.6 Å². The molecule has 0 bridgehead atoms. The molecule has 0 radical (unpaired) electrons. The predicted octanol–water partition coefficient (Wildman–Crippen LogP) is 2.14. The maximum absolute atomic E-state index is 12.4. The van der Waals surface area contributed by atoms with Crippen molar-refractivity contribution < 1.29 is 21.6 Å². The van der Waals surface area contributed by atoms with Gasteiger partial charge in [-0.15, -0.1) is 0 Å². The minimum atomic E-state index is -3.98. The Kier molecular flexibility index (Phi) is 10.8. The van der Waals surface area contributed by atoms with Gasteiger partial charge in [-0.05, 0) is 65.9 Å². The van der Waals surface area contributed by atoms with E-state index in [4.69, 9.17) is 5.73 Å². The molecule has 1 atom stereocenters. The van der Waals surface area contributed by atoms with Gasteiger partial charge in [-0.3, -0.25) is 0 Å². The average molecular weight is 582 g/mol. The molecule has 10 nitrogen and oxygen atoms in total. The van der Waals surface area contributed by atoms with Crippen LogP contribution in [0.5, 0.6) is 0 Å². The van der Waals surface area contributed by atoms with E-state index in [-0.39, 0.29) is 52.9 Å². The van der Waals surface area contributed by atoms with Crippen LogP contribution in [-0.4, -0.2) is 65.1 Å². The minimum absolute atomic E-state index is 0. The molecule has 204 valence electrons. The van der Waals surface area contributed by atoms with Gasteiger partial charge in [-0.2, -0.15) is 0 Å². The third-order valence-electron chi connectivity index (χ3n) is 6.26. The van der Waals surface area contributed by atoms with Gasteiger partial charge >= 0.3 is 35.6 Å². The Labute approximate surface area is 252 Å². The molecule has 1 aliphatic rings. The summed E-state index contributed by atoms with van der Waals surface area (Å²) in [5, 5.41) is 6.06. The number of anilines is 3. The fourth-order valence-corrected chi connectivity index (χ4v) is 5.75. The fourth-order valence-electron chi connectivity index (χ4n) is 4.33. The van der Waals surface area contributed by atoms with E-state index in [0.717, 1.165) is 40.2 Å². The van der Waals surface area contributed by atoms with Gasteiger partial charge < -0.3 is 21.3 Å². The molecule has 5 N–H and O–H groups in total. The number of hydrogen-bond acceptors (Lipinski definition) is 8. The average Bonchev–Trinajstić information content (AvgIpc) is 3.26. The normalized spacial score (nSPS) is 14.3. The van der Waals surface area contributed by atoms with E-state index in [1.54, 1.807) is 12.1 Å². The van der Waals surface area contributed by atoms with Crippen LogP contribution in [0, 0.1) is 0 Å². The zero-order valence-electron chi connectivity index (χ0n) is 20.9. The number of urea groups is 1. The Morgan fingerprint density at radius 1 is 1.00 bits per heavy atom. The first kappa shape index (κ1) is 30.9. The van der Waals surface area contributed by atoms with Gasteiger partial charge in [0.1, 0.15) is 16.9 Å². The van der Waals surface area contributed by atoms with Crippen molar-refractivity contribution >= 4 is 73.4 Å². The standard InChI is InChI=1S/C26H31N5O5S2.Na.H/c1-2-25-29-23-12-7-20(17-37(33)34)15-24(23)31(25)21-8-3-18(4-9-21)13-14-28-26(32)30-38(35,36)22-10-5-19(16-27)6-11-22;;/h3-12,15,25,29,37H,2,13-14,16-17,27H2,1H3,(H2,28,30,32);;. The summed E-state index contributed by atoms with van der Waals surface area (Å²) in [6.07, 6.45) is 1.37. The van der Waals surface area contributed by atoms with Gasteiger partial charge in [0.05, 0.1) is 22.0 Å². The maximum atomic E-state index is 12.4. The Bertz CT molecular complexity index is 1470. The molecule has 0 saturated carbocycles. The molecule has 4 rings (SSSR count). The molecule has 1 unspecified atom stereocenters. The van der Waals surface area contributed by atoms with Crippen molar-refractivity contribution in [3.8, 4) is 0 Å². The molecule has 1 heterocycles. The molecule has 0 aliphatic carbocycles. The molecule has 13 heteroatoms. The van der Waals surface area contributed by atoms with Crippen LogP contribution in [0.3, 0.4) is 0 Å². The van der Waals surface area contributed by atoms with Gasteiger partial charge in [0.25, 0.3) is 10.0 Å². The number of fused-ring (bicyclic) bond motifs is 1. The fraction of sp³-hybridized carbons (Fsp3) is 0.269. The number of sulfonamides is 1. The van der Waals surface area contributed by atoms with Crippen molar-refractivity contribution in [2.75, 3.05) is 16.8 Å². The predicted molar refractivity (Wildman–Crippen MR) is 156 cm³/mol. The number of nitrogens with one attached hydrogen (secondary N) is 3. The van der Waals surface area contributed by atoms with Crippen LogP contribution in [0.4, 0.5) is 21.9 Å². The molecule has 39 heavy (non-hydrogen) atoms. The molecule has 0 saturated heterocycles. The number of thiol groups is 1. The summed E-state index contributed by atoms with van der Waals surface area (Å²) in [6, 6.07) is 18.7. The molecular formula is C26H32N5NaO5S2. The summed E-state index contributed by atoms with van der Waals surface area (Å²) in [7, 11) is -6.50. The summed E-state index contributed by atoms with van der Waals surface area (Å²) in [5.41, 5.74) is 10.8. The van der Waals surface area contributed by atoms with Crippen molar-refractivity contribution in [3.63, 3.8) is 0 Å². The quantitative estimate of drug-likeness (QED) is 0.181. The first-order valence-corrected chi connectivity index (χ1v) is 15.0. The Hall–Kier alpha value is -2.61. The number of carbonyl (C=O) groups excluding carboxylic acids is 1. The van der Waals surface area contributed by atoms with Gasteiger partial charge in [-0.1, -0.05) is 37.3 Å². The monoisotopic (exact) mass is 581 g/mol. The van der Waals surface area contributed by atoms with Crippen molar-refractivity contribution in [2.45, 2.75) is 43.1 Å². The van der Waals surface area contributed by atoms with E-state index in [0.29, 0.717) is 13.0 Å². The third kappa shape index (κ3) is 7.74. The molecule has 1 aliphatic heterocycles. The second kappa shape index (κ2) is 13.6. The van der Waals surface area contributed by atoms with Crippen molar-refractivity contribution in [1.82, 2.24) is 10.0 Å². The number of rotatable bonds is 10. The first-order valence-electron chi connectivity index (χ1n) is 12.2. The number of nitrogens with two attached hydrogens (primary N) is 1. The molecular weight excluding hydrogens is 549 g/mol. The van der Waals surface area contributed by atoms with Crippen LogP contribution in [0.1, 0.15) is 30.0 Å². The summed E-state index contributed by atoms with van der Waals surface area (Å²) >= 11 is 0. The van der Waals surface area contributed by atoms with Crippen molar-refractivity contribution in [3.05, 3.63) is 83.4 Å². The van der Waals surface area contributed by atoms with E-state index in [9.17, 15) is 21.6 Å². The van der Waals surface area contributed by atoms with Crippen LogP contribution in [0.25, 0.3) is 0 Å².